The van der Waals surface area contributed by atoms with Crippen molar-refractivity contribution in [3.8, 4) is 17.0 Å². The van der Waals surface area contributed by atoms with Crippen LogP contribution in [-0.2, 0) is 6.54 Å². The summed E-state index contributed by atoms with van der Waals surface area (Å²) in [6, 6.07) is 22.0. The average Bonchev–Trinajstić information content (AvgIpc) is 2.73. The molecule has 3 aromatic carbocycles. The maximum absolute atomic E-state index is 11.0. The number of non-ortho nitro benzene ring substituents is 1. The van der Waals surface area contributed by atoms with Gasteiger partial charge < -0.3 is 10.4 Å². The number of aromatic hydroxyl groups is 1. The second kappa shape index (κ2) is 7.36. The van der Waals surface area contributed by atoms with E-state index >= 15 is 0 Å². The van der Waals surface area contributed by atoms with Crippen LogP contribution in [0.2, 0.25) is 0 Å². The molecule has 4 rings (SSSR count). The number of hydrogen-bond donors (Lipinski definition) is 2. The summed E-state index contributed by atoms with van der Waals surface area (Å²) < 4.78 is 0. The molecule has 28 heavy (non-hydrogen) atoms. The van der Waals surface area contributed by atoms with Crippen molar-refractivity contribution in [2.24, 2.45) is 0 Å². The maximum atomic E-state index is 11.0. The minimum Gasteiger partial charge on any atom is -0.506 e. The summed E-state index contributed by atoms with van der Waals surface area (Å²) in [6.45, 7) is 0.366. The molecular formula is C22H17N3O3. The summed E-state index contributed by atoms with van der Waals surface area (Å²) in [6.07, 6.45) is 1.73. The van der Waals surface area contributed by atoms with Crippen molar-refractivity contribution in [1.29, 1.82) is 0 Å². The highest BCUT2D eigenvalue weighted by molar-refractivity contribution is 5.87. The summed E-state index contributed by atoms with van der Waals surface area (Å²) >= 11 is 0. The Balaban J connectivity index is 1.65. The number of benzene rings is 3. The molecule has 0 unspecified atom stereocenters. The van der Waals surface area contributed by atoms with Crippen LogP contribution in [0.15, 0.2) is 79.0 Å². The van der Waals surface area contributed by atoms with E-state index in [9.17, 15) is 15.2 Å². The Morgan fingerprint density at radius 1 is 0.964 bits per heavy atom. The molecule has 6 nitrogen and oxygen atoms in total. The number of hydrogen-bond acceptors (Lipinski definition) is 5. The van der Waals surface area contributed by atoms with Gasteiger partial charge in [-0.15, -0.1) is 0 Å². The molecule has 0 aliphatic carbocycles. The molecule has 138 valence electrons. The van der Waals surface area contributed by atoms with Crippen molar-refractivity contribution < 1.29 is 10.0 Å². The van der Waals surface area contributed by atoms with Crippen molar-refractivity contribution in [1.82, 2.24) is 4.98 Å². The number of aromatic nitrogens is 1. The Bertz CT molecular complexity index is 1170. The fourth-order valence-electron chi connectivity index (χ4n) is 3.15. The van der Waals surface area contributed by atoms with Crippen LogP contribution in [0.4, 0.5) is 11.4 Å². The number of nitrogens with one attached hydrogen (secondary N) is 1. The number of phenols is 1. The van der Waals surface area contributed by atoms with E-state index in [0.29, 0.717) is 12.2 Å². The Morgan fingerprint density at radius 2 is 1.79 bits per heavy atom. The molecule has 4 aromatic rings. The summed E-state index contributed by atoms with van der Waals surface area (Å²) in [5.74, 6) is -0.0401. The highest BCUT2D eigenvalue weighted by Crippen LogP contribution is 2.30. The van der Waals surface area contributed by atoms with Gasteiger partial charge >= 0.3 is 0 Å². The third-order valence-corrected chi connectivity index (χ3v) is 4.57. The van der Waals surface area contributed by atoms with E-state index in [1.54, 1.807) is 6.20 Å². The number of phenolic OH excluding ortho intramolecular Hbond substituents is 1. The molecule has 2 N–H and O–H groups in total. The zero-order valence-electron chi connectivity index (χ0n) is 14.9. The number of nitrogens with zero attached hydrogens (tertiary/aromatic N) is 2. The van der Waals surface area contributed by atoms with Crippen LogP contribution < -0.4 is 5.32 Å². The van der Waals surface area contributed by atoms with Crippen molar-refractivity contribution in [3.63, 3.8) is 0 Å². The maximum Gasteiger partial charge on any atom is 0.271 e. The molecule has 0 saturated carbocycles. The van der Waals surface area contributed by atoms with Crippen molar-refractivity contribution in [2.45, 2.75) is 6.54 Å². The third kappa shape index (κ3) is 3.48. The van der Waals surface area contributed by atoms with E-state index in [-0.39, 0.29) is 11.4 Å². The zero-order valence-corrected chi connectivity index (χ0v) is 14.9. The molecule has 0 fully saturated rings. The van der Waals surface area contributed by atoms with Crippen molar-refractivity contribution >= 4 is 22.1 Å². The average molecular weight is 371 g/mol. The number of rotatable bonds is 5. The number of nitro groups is 1. The second-order valence-electron chi connectivity index (χ2n) is 6.39. The smallest absolute Gasteiger partial charge is 0.271 e. The van der Waals surface area contributed by atoms with Crippen molar-refractivity contribution in [3.05, 3.63) is 94.7 Å². The quantitative estimate of drug-likeness (QED) is 0.288. The van der Waals surface area contributed by atoms with E-state index in [2.05, 4.69) is 34.6 Å². The summed E-state index contributed by atoms with van der Waals surface area (Å²) in [4.78, 5) is 15.0. The molecule has 0 amide bonds. The topological polar surface area (TPSA) is 88.3 Å². The minimum absolute atomic E-state index is 0.0401. The molecular weight excluding hydrogens is 354 g/mol. The van der Waals surface area contributed by atoms with Crippen LogP contribution in [-0.4, -0.2) is 15.0 Å². The van der Waals surface area contributed by atoms with E-state index in [1.165, 1.54) is 18.2 Å². The lowest BCUT2D eigenvalue weighted by Gasteiger charge is -2.12. The van der Waals surface area contributed by atoms with Gasteiger partial charge in [0.25, 0.3) is 5.69 Å². The lowest BCUT2D eigenvalue weighted by molar-refractivity contribution is -0.384. The molecule has 0 saturated heterocycles. The monoisotopic (exact) mass is 371 g/mol. The SMILES string of the molecule is O=[N+]([O-])c1ccc(O)c(NCc2cccnc2-c2ccc3ccccc3c2)c1. The largest absolute Gasteiger partial charge is 0.506 e. The van der Waals surface area contributed by atoms with Gasteiger partial charge in [-0.2, -0.15) is 0 Å². The van der Waals surface area contributed by atoms with Crippen LogP contribution >= 0.6 is 0 Å². The van der Waals surface area contributed by atoms with Crippen molar-refractivity contribution in [2.75, 3.05) is 5.32 Å². The van der Waals surface area contributed by atoms with Gasteiger partial charge in [0.1, 0.15) is 5.75 Å². The molecule has 0 aliphatic heterocycles. The standard InChI is InChI=1S/C22H17N3O3/c26-21-10-9-19(25(27)28)13-20(21)24-14-18-6-3-11-23-22(18)17-8-7-15-4-1-2-5-16(15)12-17/h1-13,24,26H,14H2. The van der Waals surface area contributed by atoms with Gasteiger partial charge in [0, 0.05) is 30.4 Å². The number of anilines is 1. The summed E-state index contributed by atoms with van der Waals surface area (Å²) in [5, 5.41) is 26.3. The molecule has 0 atom stereocenters. The van der Waals surface area contributed by atoms with Crippen LogP contribution in [0.5, 0.6) is 5.75 Å². The highest BCUT2D eigenvalue weighted by Gasteiger charge is 2.12. The zero-order chi connectivity index (χ0) is 19.5. The van der Waals surface area contributed by atoms with Crippen LogP contribution in [0.1, 0.15) is 5.56 Å². The van der Waals surface area contributed by atoms with E-state index in [0.717, 1.165) is 27.6 Å². The Kier molecular flexibility index (Phi) is 4.60. The number of pyridine rings is 1. The first-order chi connectivity index (χ1) is 13.6. The molecule has 0 spiro atoms. The summed E-state index contributed by atoms with van der Waals surface area (Å²) in [7, 11) is 0. The molecule has 0 bridgehead atoms. The molecule has 6 heteroatoms. The predicted octanol–water partition coefficient (Wildman–Crippen LogP) is 5.13. The fourth-order valence-corrected chi connectivity index (χ4v) is 3.15. The fraction of sp³-hybridized carbons (Fsp3) is 0.0455. The van der Waals surface area contributed by atoms with E-state index in [4.69, 9.17) is 0 Å². The van der Waals surface area contributed by atoms with Crippen LogP contribution in [0.25, 0.3) is 22.0 Å². The van der Waals surface area contributed by atoms with Gasteiger partial charge in [0.2, 0.25) is 0 Å². The van der Waals surface area contributed by atoms with Crippen LogP contribution in [0.3, 0.4) is 0 Å². The third-order valence-electron chi connectivity index (χ3n) is 4.57. The Hall–Kier alpha value is -3.93. The number of fused-ring (bicyclic) bond motifs is 1. The van der Waals surface area contributed by atoms with Gasteiger partial charge in [0.05, 0.1) is 16.3 Å². The molecule has 0 aliphatic rings. The van der Waals surface area contributed by atoms with Gasteiger partial charge in [-0.05, 0) is 34.5 Å². The normalized spacial score (nSPS) is 10.7. The predicted molar refractivity (Wildman–Crippen MR) is 109 cm³/mol. The first kappa shape index (κ1) is 17.5. The first-order valence-corrected chi connectivity index (χ1v) is 8.76. The lowest BCUT2D eigenvalue weighted by Crippen LogP contribution is -2.03. The van der Waals surface area contributed by atoms with Gasteiger partial charge in [-0.1, -0.05) is 42.5 Å². The van der Waals surface area contributed by atoms with Crippen LogP contribution in [0, 0.1) is 10.1 Å². The van der Waals surface area contributed by atoms with Gasteiger partial charge in [-0.3, -0.25) is 15.1 Å². The van der Waals surface area contributed by atoms with E-state index < -0.39 is 4.92 Å². The van der Waals surface area contributed by atoms with E-state index in [1.807, 2.05) is 30.3 Å². The highest BCUT2D eigenvalue weighted by atomic mass is 16.6. The second-order valence-corrected chi connectivity index (χ2v) is 6.39. The molecule has 0 radical (unpaired) electrons. The Morgan fingerprint density at radius 3 is 2.61 bits per heavy atom. The van der Waals surface area contributed by atoms with Gasteiger partial charge in [-0.25, -0.2) is 0 Å². The minimum atomic E-state index is -0.491. The molecule has 1 heterocycles. The number of nitro benzene ring substituents is 1. The van der Waals surface area contributed by atoms with Gasteiger partial charge in [0.15, 0.2) is 0 Å². The Labute approximate surface area is 161 Å². The summed E-state index contributed by atoms with van der Waals surface area (Å²) in [5.41, 5.74) is 2.96. The molecule has 1 aromatic heterocycles. The lowest BCUT2D eigenvalue weighted by atomic mass is 10.0. The first-order valence-electron chi connectivity index (χ1n) is 8.76.